The Balaban J connectivity index is 3.91. The van der Waals surface area contributed by atoms with E-state index >= 15 is 0 Å². The van der Waals surface area contributed by atoms with Gasteiger partial charge in [0, 0.05) is 10.6 Å². The molecule has 7 heteroatoms. The molecule has 18 heavy (non-hydrogen) atoms. The number of benzene rings is 1. The van der Waals surface area contributed by atoms with Crippen LogP contribution in [0.5, 0.6) is 0 Å². The maximum Gasteiger partial charge on any atom is 0.198 e. The summed E-state index contributed by atoms with van der Waals surface area (Å²) in [5, 5.41) is -0.795. The SMILES string of the molecule is C=C(Cl)c1c(F)c(F)c(F)c(F)c1/C(F)=C(\C)F. The van der Waals surface area contributed by atoms with Gasteiger partial charge in [-0.3, -0.25) is 0 Å². The van der Waals surface area contributed by atoms with Crippen LogP contribution in [-0.2, 0) is 0 Å². The van der Waals surface area contributed by atoms with E-state index in [2.05, 4.69) is 6.58 Å². The molecular formula is C11H5ClF6. The zero-order chi connectivity index (χ0) is 14.2. The van der Waals surface area contributed by atoms with E-state index in [4.69, 9.17) is 11.6 Å². The van der Waals surface area contributed by atoms with E-state index < -0.39 is 51.1 Å². The van der Waals surface area contributed by atoms with E-state index in [1.165, 1.54) is 0 Å². The third-order valence-electron chi connectivity index (χ3n) is 2.06. The second-order valence-corrected chi connectivity index (χ2v) is 3.71. The highest BCUT2D eigenvalue weighted by atomic mass is 35.5. The zero-order valence-electron chi connectivity index (χ0n) is 8.85. The molecule has 0 aliphatic carbocycles. The van der Waals surface area contributed by atoms with E-state index in [0.29, 0.717) is 6.92 Å². The predicted molar refractivity (Wildman–Crippen MR) is 56.0 cm³/mol. The van der Waals surface area contributed by atoms with Gasteiger partial charge in [0.2, 0.25) is 0 Å². The molecule has 0 amide bonds. The van der Waals surface area contributed by atoms with Crippen LogP contribution in [0.1, 0.15) is 18.1 Å². The summed E-state index contributed by atoms with van der Waals surface area (Å²) in [4.78, 5) is 0. The summed E-state index contributed by atoms with van der Waals surface area (Å²) < 4.78 is 78.6. The average molecular weight is 287 g/mol. The van der Waals surface area contributed by atoms with E-state index in [9.17, 15) is 26.3 Å². The second-order valence-electron chi connectivity index (χ2n) is 3.26. The normalized spacial score (nSPS) is 12.4. The van der Waals surface area contributed by atoms with Crippen LogP contribution in [0.3, 0.4) is 0 Å². The maximum absolute atomic E-state index is 13.4. The minimum Gasteiger partial charge on any atom is -0.209 e. The summed E-state index contributed by atoms with van der Waals surface area (Å²) in [5.74, 6) is -11.9. The first-order chi connectivity index (χ1) is 8.20. The van der Waals surface area contributed by atoms with Gasteiger partial charge in [-0.15, -0.1) is 0 Å². The molecule has 1 rings (SSSR count). The number of hydrogen-bond donors (Lipinski definition) is 0. The number of halogens is 7. The van der Waals surface area contributed by atoms with Crippen LogP contribution < -0.4 is 0 Å². The maximum atomic E-state index is 13.4. The fraction of sp³-hybridized carbons (Fsp3) is 0.0909. The van der Waals surface area contributed by atoms with Gasteiger partial charge >= 0.3 is 0 Å². The Kier molecular flexibility index (Phi) is 4.11. The van der Waals surface area contributed by atoms with Crippen molar-refractivity contribution < 1.29 is 26.3 Å². The summed E-state index contributed by atoms with van der Waals surface area (Å²) in [5.41, 5.74) is -2.60. The van der Waals surface area contributed by atoms with Crippen LogP contribution in [0.25, 0.3) is 10.9 Å². The number of rotatable bonds is 2. The van der Waals surface area contributed by atoms with Gasteiger partial charge in [0.15, 0.2) is 29.1 Å². The van der Waals surface area contributed by atoms with E-state index in [0.717, 1.165) is 0 Å². The largest absolute Gasteiger partial charge is 0.209 e. The van der Waals surface area contributed by atoms with Gasteiger partial charge in [0.25, 0.3) is 0 Å². The van der Waals surface area contributed by atoms with E-state index in [1.807, 2.05) is 0 Å². The molecule has 0 bridgehead atoms. The highest BCUT2D eigenvalue weighted by Gasteiger charge is 2.29. The molecule has 0 N–H and O–H groups in total. The Morgan fingerprint density at radius 1 is 0.889 bits per heavy atom. The molecule has 0 saturated carbocycles. The van der Waals surface area contributed by atoms with Crippen molar-refractivity contribution >= 4 is 22.5 Å². The van der Waals surface area contributed by atoms with Crippen molar-refractivity contribution in [2.24, 2.45) is 0 Å². The first-order valence-electron chi connectivity index (χ1n) is 4.43. The minimum absolute atomic E-state index is 0.592. The van der Waals surface area contributed by atoms with Gasteiger partial charge in [0.05, 0.1) is 5.56 Å². The summed E-state index contributed by atoms with van der Waals surface area (Å²) in [6, 6.07) is 0. The summed E-state index contributed by atoms with van der Waals surface area (Å²) in [6.45, 7) is 3.55. The van der Waals surface area contributed by atoms with Gasteiger partial charge in [-0.05, 0) is 6.92 Å². The Bertz CT molecular complexity index is 557. The molecule has 0 aliphatic rings. The lowest BCUT2D eigenvalue weighted by Crippen LogP contribution is -2.06. The van der Waals surface area contributed by atoms with Crippen molar-refractivity contribution in [2.45, 2.75) is 6.92 Å². The number of hydrogen-bond acceptors (Lipinski definition) is 0. The average Bonchev–Trinajstić information content (AvgIpc) is 2.29. The molecule has 1 aromatic carbocycles. The van der Waals surface area contributed by atoms with Crippen molar-refractivity contribution in [3.8, 4) is 0 Å². The smallest absolute Gasteiger partial charge is 0.198 e. The van der Waals surface area contributed by atoms with Gasteiger partial charge < -0.3 is 0 Å². The van der Waals surface area contributed by atoms with Gasteiger partial charge in [-0.1, -0.05) is 18.2 Å². The van der Waals surface area contributed by atoms with Crippen molar-refractivity contribution in [3.63, 3.8) is 0 Å². The Hall–Kier alpha value is -1.43. The van der Waals surface area contributed by atoms with Crippen molar-refractivity contribution in [2.75, 3.05) is 0 Å². The minimum atomic E-state index is -2.26. The number of allylic oxidation sites excluding steroid dienone is 1. The monoisotopic (exact) mass is 286 g/mol. The fourth-order valence-corrected chi connectivity index (χ4v) is 1.44. The molecular weight excluding hydrogens is 282 g/mol. The molecule has 0 spiro atoms. The molecule has 0 unspecified atom stereocenters. The second kappa shape index (κ2) is 5.06. The fourth-order valence-electron chi connectivity index (χ4n) is 1.26. The van der Waals surface area contributed by atoms with Crippen LogP contribution >= 0.6 is 11.6 Å². The molecule has 0 heterocycles. The molecule has 0 nitrogen and oxygen atoms in total. The third-order valence-corrected chi connectivity index (χ3v) is 2.25. The highest BCUT2D eigenvalue weighted by molar-refractivity contribution is 6.48. The van der Waals surface area contributed by atoms with Gasteiger partial charge in [-0.25, -0.2) is 26.3 Å². The van der Waals surface area contributed by atoms with Crippen LogP contribution in [-0.4, -0.2) is 0 Å². The van der Waals surface area contributed by atoms with Crippen molar-refractivity contribution in [1.82, 2.24) is 0 Å². The summed E-state index contributed by atoms with van der Waals surface area (Å²) >= 11 is 5.26. The van der Waals surface area contributed by atoms with Crippen LogP contribution in [0.2, 0.25) is 0 Å². The van der Waals surface area contributed by atoms with Crippen LogP contribution in [0.4, 0.5) is 26.3 Å². The third kappa shape index (κ3) is 2.25. The Morgan fingerprint density at radius 3 is 1.61 bits per heavy atom. The predicted octanol–water partition coefficient (Wildman–Crippen LogP) is 5.08. The standard InChI is InChI=1S/C11H5ClF6/c1-3(12)5-6(7(14)4(2)13)9(16)11(18)10(17)8(5)15/h1H2,2H3/b7-4-. The lowest BCUT2D eigenvalue weighted by molar-refractivity contribution is 0.405. The Morgan fingerprint density at radius 2 is 1.28 bits per heavy atom. The zero-order valence-corrected chi connectivity index (χ0v) is 9.61. The molecule has 98 valence electrons. The summed E-state index contributed by atoms with van der Waals surface area (Å²) in [7, 11) is 0. The first kappa shape index (κ1) is 14.6. The molecule has 1 aromatic rings. The highest BCUT2D eigenvalue weighted by Crippen LogP contribution is 2.36. The summed E-state index contributed by atoms with van der Waals surface area (Å²) in [6.07, 6.45) is 0. The van der Waals surface area contributed by atoms with Gasteiger partial charge in [-0.2, -0.15) is 0 Å². The van der Waals surface area contributed by atoms with Gasteiger partial charge in [0.1, 0.15) is 5.83 Å². The lowest BCUT2D eigenvalue weighted by atomic mass is 10.0. The topological polar surface area (TPSA) is 0 Å². The van der Waals surface area contributed by atoms with Crippen molar-refractivity contribution in [1.29, 1.82) is 0 Å². The quantitative estimate of drug-likeness (QED) is 0.404. The van der Waals surface area contributed by atoms with Crippen LogP contribution in [0.15, 0.2) is 12.4 Å². The van der Waals surface area contributed by atoms with Crippen LogP contribution in [0, 0.1) is 23.3 Å². The molecule has 0 fully saturated rings. The molecule has 0 atom stereocenters. The van der Waals surface area contributed by atoms with Crippen molar-refractivity contribution in [3.05, 3.63) is 46.8 Å². The molecule has 0 aromatic heterocycles. The molecule has 0 aliphatic heterocycles. The first-order valence-corrected chi connectivity index (χ1v) is 4.80. The lowest BCUT2D eigenvalue weighted by Gasteiger charge is -2.11. The van der Waals surface area contributed by atoms with E-state index in [1.54, 1.807) is 0 Å². The molecule has 0 radical (unpaired) electrons. The molecule has 0 saturated heterocycles. The Labute approximate surface area is 103 Å². The van der Waals surface area contributed by atoms with E-state index in [-0.39, 0.29) is 0 Å².